The SMILES string of the molecule is COc1ccc(-c2c3c(c(-c4ccc(OC)c(OC)c4)c4ccccc24)-c2ccc4c5ccc6c7c(ccc(c8ccc-3c2c84)c75)-c2c-6c(-c3ccccc3)c3ccccc3c2-c2ccccc2)cc1OC. The van der Waals surface area contributed by atoms with E-state index in [4.69, 9.17) is 18.9 Å². The van der Waals surface area contributed by atoms with Gasteiger partial charge in [0.25, 0.3) is 0 Å². The minimum absolute atomic E-state index is 0.687. The van der Waals surface area contributed by atoms with Crippen LogP contribution in [0.2, 0.25) is 0 Å². The highest BCUT2D eigenvalue weighted by molar-refractivity contribution is 6.42. The molecule has 340 valence electrons. The van der Waals surface area contributed by atoms with E-state index in [1.807, 2.05) is 12.1 Å². The summed E-state index contributed by atoms with van der Waals surface area (Å²) in [5.41, 5.74) is 19.5. The maximum absolute atomic E-state index is 5.97. The van der Waals surface area contributed by atoms with Crippen LogP contribution in [0.25, 0.3) is 154 Å². The van der Waals surface area contributed by atoms with Gasteiger partial charge in [-0.25, -0.2) is 0 Å². The lowest BCUT2D eigenvalue weighted by molar-refractivity contribution is 0.355. The maximum atomic E-state index is 5.97. The van der Waals surface area contributed by atoms with E-state index >= 15 is 0 Å². The fourth-order valence-corrected chi connectivity index (χ4v) is 13.1. The summed E-state index contributed by atoms with van der Waals surface area (Å²) in [5.74, 6) is 2.76. The van der Waals surface area contributed by atoms with Crippen molar-refractivity contribution in [2.75, 3.05) is 28.4 Å². The van der Waals surface area contributed by atoms with Gasteiger partial charge in [0.05, 0.1) is 28.4 Å². The average molecular weight is 925 g/mol. The van der Waals surface area contributed by atoms with Crippen LogP contribution in [0.1, 0.15) is 0 Å². The van der Waals surface area contributed by atoms with Crippen molar-refractivity contribution in [3.05, 3.63) is 194 Å². The highest BCUT2D eigenvalue weighted by Gasteiger charge is 2.35. The largest absolute Gasteiger partial charge is 0.493 e. The van der Waals surface area contributed by atoms with Crippen molar-refractivity contribution < 1.29 is 18.9 Å². The molecule has 0 atom stereocenters. The molecule has 13 aromatic carbocycles. The number of rotatable bonds is 8. The molecule has 0 saturated carbocycles. The van der Waals surface area contributed by atoms with E-state index < -0.39 is 0 Å². The molecular weight excluding hydrogens is 881 g/mol. The molecule has 0 aliphatic heterocycles. The molecule has 0 N–H and O–H groups in total. The first kappa shape index (κ1) is 40.7. The van der Waals surface area contributed by atoms with Gasteiger partial charge in [-0.15, -0.1) is 0 Å². The molecule has 0 bridgehead atoms. The quantitative estimate of drug-likeness (QED) is 0.112. The standard InChI is InChI=1S/C68H44O4/c1-69-53-33-23-39(35-55(53)71-3)59-43-21-13-14-22-44(43)60(40-24-34-54(70-2)56(36-40)72-4)68-52-32-28-48-46-26-30-50-63-49(29-25-45(61(46)63)47-27-31-51(67(59)68)64(52)62(47)48)65-57(37-15-7-5-8-16-37)41-19-11-12-20-42(41)58(66(50)65)38-17-9-6-10-18-38/h5-36H,1-4H3. The first-order valence-electron chi connectivity index (χ1n) is 24.5. The monoisotopic (exact) mass is 924 g/mol. The Morgan fingerprint density at radius 1 is 0.208 bits per heavy atom. The summed E-state index contributed by atoms with van der Waals surface area (Å²) in [6.45, 7) is 0. The zero-order valence-corrected chi connectivity index (χ0v) is 40.1. The van der Waals surface area contributed by atoms with Gasteiger partial charge in [0.2, 0.25) is 0 Å². The summed E-state index contributed by atoms with van der Waals surface area (Å²) in [6, 6.07) is 71.7. The molecule has 4 heteroatoms. The molecule has 13 aromatic rings. The van der Waals surface area contributed by atoms with E-state index in [0.717, 1.165) is 33.0 Å². The van der Waals surface area contributed by atoms with Crippen LogP contribution in [-0.2, 0) is 0 Å². The van der Waals surface area contributed by atoms with E-state index in [-0.39, 0.29) is 0 Å². The highest BCUT2D eigenvalue weighted by Crippen LogP contribution is 2.63. The van der Waals surface area contributed by atoms with Crippen LogP contribution < -0.4 is 18.9 Å². The Morgan fingerprint density at radius 2 is 0.500 bits per heavy atom. The van der Waals surface area contributed by atoms with Gasteiger partial charge in [-0.05, 0) is 178 Å². The second-order valence-electron chi connectivity index (χ2n) is 19.1. The highest BCUT2D eigenvalue weighted by atomic mass is 16.5. The minimum atomic E-state index is 0.687. The molecule has 0 saturated heterocycles. The number of hydrogen-bond acceptors (Lipinski definition) is 4. The molecule has 0 radical (unpaired) electrons. The van der Waals surface area contributed by atoms with Gasteiger partial charge in [-0.3, -0.25) is 0 Å². The molecule has 2 aliphatic carbocycles. The fourth-order valence-electron chi connectivity index (χ4n) is 13.1. The number of hydrogen-bond donors (Lipinski definition) is 0. The van der Waals surface area contributed by atoms with Crippen molar-refractivity contribution in [1.82, 2.24) is 0 Å². The van der Waals surface area contributed by atoms with Gasteiger partial charge in [0.15, 0.2) is 23.0 Å². The van der Waals surface area contributed by atoms with Crippen LogP contribution in [0.4, 0.5) is 0 Å². The Balaban J connectivity index is 1.07. The molecule has 2 aliphatic rings. The van der Waals surface area contributed by atoms with E-state index in [9.17, 15) is 0 Å². The molecule has 0 unspecified atom stereocenters. The number of benzene rings is 13. The molecule has 0 fully saturated rings. The van der Waals surface area contributed by atoms with Crippen molar-refractivity contribution in [3.63, 3.8) is 0 Å². The summed E-state index contributed by atoms with van der Waals surface area (Å²) < 4.78 is 23.5. The first-order chi connectivity index (χ1) is 35.6. The van der Waals surface area contributed by atoms with Gasteiger partial charge < -0.3 is 18.9 Å². The third kappa shape index (κ3) is 5.30. The van der Waals surface area contributed by atoms with E-state index in [0.29, 0.717) is 23.0 Å². The zero-order valence-electron chi connectivity index (χ0n) is 40.1. The fraction of sp³-hybridized carbons (Fsp3) is 0.0588. The lowest BCUT2D eigenvalue weighted by Crippen LogP contribution is -1.96. The third-order valence-corrected chi connectivity index (χ3v) is 15.9. The lowest BCUT2D eigenvalue weighted by Gasteiger charge is -2.21. The number of fused-ring (bicyclic) bond motifs is 10. The Labute approximate surface area is 416 Å². The van der Waals surface area contributed by atoms with Crippen molar-refractivity contribution >= 4 is 64.6 Å². The Kier molecular flexibility index (Phi) is 8.59. The Hall–Kier alpha value is -9.12. The van der Waals surface area contributed by atoms with Gasteiger partial charge in [-0.1, -0.05) is 170 Å². The lowest BCUT2D eigenvalue weighted by atomic mass is 9.82. The minimum Gasteiger partial charge on any atom is -0.493 e. The molecule has 4 nitrogen and oxygen atoms in total. The third-order valence-electron chi connectivity index (χ3n) is 15.9. The molecule has 0 aromatic heterocycles. The zero-order chi connectivity index (χ0) is 47.9. The summed E-state index contributed by atoms with van der Waals surface area (Å²) in [5, 5.41) is 15.1. The van der Waals surface area contributed by atoms with Crippen molar-refractivity contribution in [1.29, 1.82) is 0 Å². The van der Waals surface area contributed by atoms with Crippen LogP contribution in [0.3, 0.4) is 0 Å². The van der Waals surface area contributed by atoms with Crippen LogP contribution in [0.15, 0.2) is 194 Å². The molecular formula is C68H44O4. The predicted molar refractivity (Wildman–Crippen MR) is 299 cm³/mol. The number of ether oxygens (including phenoxy) is 4. The van der Waals surface area contributed by atoms with Crippen molar-refractivity contribution in [2.45, 2.75) is 0 Å². The van der Waals surface area contributed by atoms with E-state index in [1.54, 1.807) is 28.4 Å². The average Bonchev–Trinajstić information content (AvgIpc) is 3.96. The topological polar surface area (TPSA) is 36.9 Å². The van der Waals surface area contributed by atoms with Crippen LogP contribution in [-0.4, -0.2) is 28.4 Å². The second kappa shape index (κ2) is 15.2. The number of methoxy groups -OCH3 is 4. The maximum Gasteiger partial charge on any atom is 0.161 e. The van der Waals surface area contributed by atoms with Crippen LogP contribution in [0.5, 0.6) is 23.0 Å². The second-order valence-corrected chi connectivity index (χ2v) is 19.1. The van der Waals surface area contributed by atoms with Crippen LogP contribution in [0, 0.1) is 0 Å². The van der Waals surface area contributed by atoms with Gasteiger partial charge >= 0.3 is 0 Å². The molecule has 72 heavy (non-hydrogen) atoms. The van der Waals surface area contributed by atoms with E-state index in [2.05, 4.69) is 182 Å². The summed E-state index contributed by atoms with van der Waals surface area (Å²) in [7, 11) is 6.79. The Bertz CT molecular complexity index is 4200. The van der Waals surface area contributed by atoms with Gasteiger partial charge in [-0.2, -0.15) is 0 Å². The normalized spacial score (nSPS) is 12.2. The smallest absolute Gasteiger partial charge is 0.161 e. The van der Waals surface area contributed by atoms with Crippen molar-refractivity contribution in [3.8, 4) is 112 Å². The van der Waals surface area contributed by atoms with Gasteiger partial charge in [0.1, 0.15) is 0 Å². The Morgan fingerprint density at radius 3 is 0.806 bits per heavy atom. The molecule has 0 spiro atoms. The first-order valence-corrected chi connectivity index (χ1v) is 24.5. The van der Waals surface area contributed by atoms with E-state index in [1.165, 1.54) is 121 Å². The van der Waals surface area contributed by atoms with Gasteiger partial charge in [0, 0.05) is 0 Å². The van der Waals surface area contributed by atoms with Crippen LogP contribution >= 0.6 is 0 Å². The molecule has 0 amide bonds. The van der Waals surface area contributed by atoms with Crippen molar-refractivity contribution in [2.24, 2.45) is 0 Å². The summed E-state index contributed by atoms with van der Waals surface area (Å²) in [4.78, 5) is 0. The summed E-state index contributed by atoms with van der Waals surface area (Å²) >= 11 is 0. The summed E-state index contributed by atoms with van der Waals surface area (Å²) in [6.07, 6.45) is 0. The molecule has 0 heterocycles. The predicted octanol–water partition coefficient (Wildman–Crippen LogP) is 18.0. The molecule has 15 rings (SSSR count).